The maximum absolute atomic E-state index is 13.2. The highest BCUT2D eigenvalue weighted by atomic mass is 19.1. The zero-order valence-corrected chi connectivity index (χ0v) is 12.2. The van der Waals surface area contributed by atoms with Crippen molar-refractivity contribution in [3.8, 4) is 17.6 Å². The molecule has 0 saturated carbocycles. The lowest BCUT2D eigenvalue weighted by molar-refractivity contribution is 0.304. The number of aryl methyl sites for hydroxylation is 2. The molecule has 0 radical (unpaired) electrons. The van der Waals surface area contributed by atoms with Gasteiger partial charge in [-0.2, -0.15) is 0 Å². The highest BCUT2D eigenvalue weighted by Gasteiger charge is 2.03. The first kappa shape index (κ1) is 15.1. The summed E-state index contributed by atoms with van der Waals surface area (Å²) in [6.07, 6.45) is 0. The maximum atomic E-state index is 13.2. The largest absolute Gasteiger partial charge is 0.489 e. The monoisotopic (exact) mass is 283 g/mol. The van der Waals surface area contributed by atoms with Gasteiger partial charge in [-0.15, -0.1) is 0 Å². The van der Waals surface area contributed by atoms with Gasteiger partial charge in [-0.3, -0.25) is 0 Å². The van der Waals surface area contributed by atoms with Crippen molar-refractivity contribution in [2.75, 3.05) is 6.54 Å². The van der Waals surface area contributed by atoms with E-state index < -0.39 is 0 Å². The molecule has 0 heterocycles. The summed E-state index contributed by atoms with van der Waals surface area (Å²) in [6, 6.07) is 10.4. The normalized spacial score (nSPS) is 9.90. The van der Waals surface area contributed by atoms with E-state index in [4.69, 9.17) is 10.5 Å². The van der Waals surface area contributed by atoms with Crippen molar-refractivity contribution in [3.63, 3.8) is 0 Å². The molecule has 2 rings (SSSR count). The van der Waals surface area contributed by atoms with Crippen molar-refractivity contribution in [1.82, 2.24) is 0 Å². The van der Waals surface area contributed by atoms with Gasteiger partial charge in [0.15, 0.2) is 0 Å². The Bertz CT molecular complexity index is 698. The Morgan fingerprint density at radius 3 is 2.62 bits per heavy atom. The third-order valence-electron chi connectivity index (χ3n) is 3.23. The number of halogens is 1. The van der Waals surface area contributed by atoms with Crippen molar-refractivity contribution in [1.29, 1.82) is 0 Å². The number of hydrogen-bond acceptors (Lipinski definition) is 2. The van der Waals surface area contributed by atoms with Crippen LogP contribution in [-0.2, 0) is 6.61 Å². The van der Waals surface area contributed by atoms with Crippen LogP contribution >= 0.6 is 0 Å². The fourth-order valence-electron chi connectivity index (χ4n) is 1.97. The van der Waals surface area contributed by atoms with Gasteiger partial charge in [-0.05, 0) is 60.9 Å². The number of ether oxygens (including phenoxy) is 1. The topological polar surface area (TPSA) is 35.2 Å². The first-order chi connectivity index (χ1) is 10.1. The fourth-order valence-corrected chi connectivity index (χ4v) is 1.97. The van der Waals surface area contributed by atoms with Gasteiger partial charge in [0.25, 0.3) is 0 Å². The predicted octanol–water partition coefficient (Wildman–Crippen LogP) is 3.33. The number of hydrogen-bond donors (Lipinski definition) is 1. The Kier molecular flexibility index (Phi) is 4.97. The predicted molar refractivity (Wildman–Crippen MR) is 82.6 cm³/mol. The summed E-state index contributed by atoms with van der Waals surface area (Å²) in [7, 11) is 0. The minimum atomic E-state index is -0.247. The molecule has 0 aromatic heterocycles. The quantitative estimate of drug-likeness (QED) is 0.877. The summed E-state index contributed by atoms with van der Waals surface area (Å²) in [5.41, 5.74) is 9.20. The summed E-state index contributed by atoms with van der Waals surface area (Å²) in [6.45, 7) is 4.60. The molecule has 0 atom stereocenters. The van der Waals surface area contributed by atoms with Crippen LogP contribution in [0.3, 0.4) is 0 Å². The molecule has 0 aliphatic rings. The molecule has 3 heteroatoms. The van der Waals surface area contributed by atoms with Gasteiger partial charge in [-0.25, -0.2) is 4.39 Å². The number of benzene rings is 2. The van der Waals surface area contributed by atoms with E-state index in [2.05, 4.69) is 11.8 Å². The minimum absolute atomic E-state index is 0.247. The van der Waals surface area contributed by atoms with Crippen molar-refractivity contribution >= 4 is 0 Å². The Hall–Kier alpha value is -2.31. The van der Waals surface area contributed by atoms with Crippen LogP contribution in [0.25, 0.3) is 0 Å². The van der Waals surface area contributed by atoms with E-state index in [0.717, 1.165) is 28.0 Å². The van der Waals surface area contributed by atoms with Crippen molar-refractivity contribution in [3.05, 3.63) is 64.5 Å². The van der Waals surface area contributed by atoms with Gasteiger partial charge in [0.2, 0.25) is 0 Å². The second kappa shape index (κ2) is 6.92. The molecule has 0 spiro atoms. The van der Waals surface area contributed by atoms with E-state index in [1.165, 1.54) is 12.1 Å². The average Bonchev–Trinajstić information content (AvgIpc) is 2.47. The summed E-state index contributed by atoms with van der Waals surface area (Å²) in [5.74, 6) is 6.34. The number of nitrogens with two attached hydrogens (primary N) is 1. The van der Waals surface area contributed by atoms with Crippen LogP contribution in [0, 0.1) is 31.5 Å². The van der Waals surface area contributed by atoms with Gasteiger partial charge in [0.05, 0.1) is 6.54 Å². The molecule has 0 aliphatic carbocycles. The molecule has 2 nitrogen and oxygen atoms in total. The first-order valence-electron chi connectivity index (χ1n) is 6.77. The van der Waals surface area contributed by atoms with Crippen LogP contribution in [0.1, 0.15) is 22.3 Å². The zero-order chi connectivity index (χ0) is 15.2. The molecule has 0 bridgehead atoms. The van der Waals surface area contributed by atoms with Crippen LogP contribution in [0.5, 0.6) is 5.75 Å². The maximum Gasteiger partial charge on any atom is 0.123 e. The Balaban J connectivity index is 2.10. The van der Waals surface area contributed by atoms with Gasteiger partial charge < -0.3 is 10.5 Å². The molecule has 21 heavy (non-hydrogen) atoms. The lowest BCUT2D eigenvalue weighted by Gasteiger charge is -2.10. The Labute approximate surface area is 124 Å². The highest BCUT2D eigenvalue weighted by molar-refractivity contribution is 5.45. The summed E-state index contributed by atoms with van der Waals surface area (Å²) < 4.78 is 19.0. The molecule has 2 N–H and O–H groups in total. The van der Waals surface area contributed by atoms with E-state index in [1.54, 1.807) is 6.07 Å². The third kappa shape index (κ3) is 4.08. The third-order valence-corrected chi connectivity index (χ3v) is 3.23. The van der Waals surface area contributed by atoms with Gasteiger partial charge >= 0.3 is 0 Å². The lowest BCUT2D eigenvalue weighted by Crippen LogP contribution is -1.99. The second-order valence-corrected chi connectivity index (χ2v) is 4.84. The Morgan fingerprint density at radius 2 is 1.90 bits per heavy atom. The summed E-state index contributed by atoms with van der Waals surface area (Å²) in [4.78, 5) is 0. The average molecular weight is 283 g/mol. The van der Waals surface area contributed by atoms with Gasteiger partial charge in [0, 0.05) is 5.56 Å². The summed E-state index contributed by atoms with van der Waals surface area (Å²) in [5, 5.41) is 0. The molecular formula is C18H18FNO. The van der Waals surface area contributed by atoms with E-state index in [9.17, 15) is 4.39 Å². The zero-order valence-electron chi connectivity index (χ0n) is 12.2. The van der Waals surface area contributed by atoms with E-state index in [1.807, 2.05) is 32.0 Å². The minimum Gasteiger partial charge on any atom is -0.489 e. The van der Waals surface area contributed by atoms with Crippen molar-refractivity contribution in [2.24, 2.45) is 5.73 Å². The Morgan fingerprint density at radius 1 is 1.10 bits per heavy atom. The van der Waals surface area contributed by atoms with Gasteiger partial charge in [-0.1, -0.05) is 17.9 Å². The van der Waals surface area contributed by atoms with Crippen LogP contribution in [-0.4, -0.2) is 6.54 Å². The molecule has 108 valence electrons. The molecule has 0 unspecified atom stereocenters. The molecule has 0 fully saturated rings. The molecule has 2 aromatic carbocycles. The van der Waals surface area contributed by atoms with Gasteiger partial charge in [0.1, 0.15) is 18.2 Å². The highest BCUT2D eigenvalue weighted by Crippen LogP contribution is 2.19. The number of rotatable bonds is 3. The lowest BCUT2D eigenvalue weighted by atomic mass is 10.1. The van der Waals surface area contributed by atoms with Crippen molar-refractivity contribution < 1.29 is 9.13 Å². The second-order valence-electron chi connectivity index (χ2n) is 4.84. The first-order valence-corrected chi connectivity index (χ1v) is 6.77. The van der Waals surface area contributed by atoms with Crippen LogP contribution in [0.4, 0.5) is 4.39 Å². The van der Waals surface area contributed by atoms with Crippen LogP contribution in [0.2, 0.25) is 0 Å². The SMILES string of the molecule is Cc1cc(OCc2cc(F)ccc2C)ccc1C#CCN. The molecular weight excluding hydrogens is 265 g/mol. The smallest absolute Gasteiger partial charge is 0.123 e. The summed E-state index contributed by atoms with van der Waals surface area (Å²) >= 11 is 0. The van der Waals surface area contributed by atoms with Crippen LogP contribution in [0.15, 0.2) is 36.4 Å². The van der Waals surface area contributed by atoms with Crippen molar-refractivity contribution in [2.45, 2.75) is 20.5 Å². The fraction of sp³-hybridized carbons (Fsp3) is 0.222. The van der Waals surface area contributed by atoms with E-state index in [0.29, 0.717) is 13.2 Å². The van der Waals surface area contributed by atoms with E-state index in [-0.39, 0.29) is 5.82 Å². The van der Waals surface area contributed by atoms with E-state index >= 15 is 0 Å². The molecule has 0 amide bonds. The molecule has 2 aromatic rings. The molecule has 0 saturated heterocycles. The van der Waals surface area contributed by atoms with Crippen LogP contribution < -0.4 is 10.5 Å². The molecule has 0 aliphatic heterocycles. The standard InChI is InChI=1S/C18H18FNO/c1-13-5-7-17(19)11-16(13)12-21-18-8-6-15(4-3-9-20)14(2)10-18/h5-8,10-11H,9,12,20H2,1-2H3.